The molecule has 100 valence electrons. The second-order valence-corrected chi connectivity index (χ2v) is 7.89. The summed E-state index contributed by atoms with van der Waals surface area (Å²) < 4.78 is 0. The van der Waals surface area contributed by atoms with Crippen molar-refractivity contribution in [2.24, 2.45) is 0 Å². The summed E-state index contributed by atoms with van der Waals surface area (Å²) >= 11 is 13.2. The number of rotatable bonds is 2. The van der Waals surface area contributed by atoms with E-state index in [4.69, 9.17) is 23.2 Å². The number of hydrogen-bond acceptors (Lipinski definition) is 1. The Bertz CT molecular complexity index is 453. The Balaban J connectivity index is 2.69. The molecule has 1 heterocycles. The molecule has 0 bridgehead atoms. The zero-order chi connectivity index (χ0) is 13.6. The molecule has 0 saturated heterocycles. The SMILES string of the molecule is CC(C)(Cl)c1ccc2c(c1C(C)(C)Cl)CNCC2. The molecular formula is C15H21Cl2N. The highest BCUT2D eigenvalue weighted by atomic mass is 35.5. The van der Waals surface area contributed by atoms with Crippen LogP contribution in [0.5, 0.6) is 0 Å². The molecule has 1 aromatic carbocycles. The van der Waals surface area contributed by atoms with Crippen LogP contribution in [0, 0.1) is 0 Å². The fraction of sp³-hybridized carbons (Fsp3) is 0.600. The molecule has 1 aromatic rings. The molecule has 0 radical (unpaired) electrons. The highest BCUT2D eigenvalue weighted by molar-refractivity contribution is 6.25. The van der Waals surface area contributed by atoms with Crippen molar-refractivity contribution in [1.29, 1.82) is 0 Å². The van der Waals surface area contributed by atoms with Gasteiger partial charge < -0.3 is 5.32 Å². The molecule has 18 heavy (non-hydrogen) atoms. The van der Waals surface area contributed by atoms with Gasteiger partial charge in [0.1, 0.15) is 0 Å². The van der Waals surface area contributed by atoms with Crippen LogP contribution in [0.25, 0.3) is 0 Å². The minimum atomic E-state index is -0.397. The lowest BCUT2D eigenvalue weighted by molar-refractivity contribution is 0.610. The van der Waals surface area contributed by atoms with Gasteiger partial charge in [-0.3, -0.25) is 0 Å². The van der Waals surface area contributed by atoms with Gasteiger partial charge in [-0.1, -0.05) is 12.1 Å². The molecule has 3 heteroatoms. The van der Waals surface area contributed by atoms with Gasteiger partial charge >= 0.3 is 0 Å². The first-order chi connectivity index (χ1) is 8.21. The zero-order valence-electron chi connectivity index (χ0n) is 11.5. The lowest BCUT2D eigenvalue weighted by atomic mass is 9.82. The average Bonchev–Trinajstić information content (AvgIpc) is 2.24. The lowest BCUT2D eigenvalue weighted by Gasteiger charge is -2.32. The number of benzene rings is 1. The van der Waals surface area contributed by atoms with Crippen molar-refractivity contribution in [1.82, 2.24) is 5.32 Å². The summed E-state index contributed by atoms with van der Waals surface area (Å²) in [5, 5.41) is 3.43. The van der Waals surface area contributed by atoms with Gasteiger partial charge in [0.2, 0.25) is 0 Å². The van der Waals surface area contributed by atoms with E-state index in [1.165, 1.54) is 16.7 Å². The van der Waals surface area contributed by atoms with E-state index in [2.05, 4.69) is 17.4 Å². The smallest absolute Gasteiger partial charge is 0.0645 e. The Hall–Kier alpha value is -0.240. The third-order valence-electron chi connectivity index (χ3n) is 3.52. The van der Waals surface area contributed by atoms with Gasteiger partial charge in [-0.2, -0.15) is 0 Å². The first-order valence-corrected chi connectivity index (χ1v) is 7.21. The van der Waals surface area contributed by atoms with Gasteiger partial charge in [-0.25, -0.2) is 0 Å². The maximum atomic E-state index is 6.62. The van der Waals surface area contributed by atoms with Crippen LogP contribution in [0.1, 0.15) is 49.9 Å². The summed E-state index contributed by atoms with van der Waals surface area (Å²) in [5.41, 5.74) is 5.09. The van der Waals surface area contributed by atoms with Crippen molar-refractivity contribution >= 4 is 23.2 Å². The Morgan fingerprint density at radius 3 is 2.28 bits per heavy atom. The Labute approximate surface area is 120 Å². The summed E-state index contributed by atoms with van der Waals surface area (Å²) in [6.07, 6.45) is 1.07. The van der Waals surface area contributed by atoms with Crippen molar-refractivity contribution < 1.29 is 0 Å². The van der Waals surface area contributed by atoms with Crippen molar-refractivity contribution in [2.75, 3.05) is 6.54 Å². The molecule has 0 amide bonds. The van der Waals surface area contributed by atoms with Gasteiger partial charge in [0.05, 0.1) is 9.75 Å². The first kappa shape index (κ1) is 14.2. The molecular weight excluding hydrogens is 265 g/mol. The third kappa shape index (κ3) is 2.68. The van der Waals surface area contributed by atoms with Crippen LogP contribution in [0.2, 0.25) is 0 Å². The van der Waals surface area contributed by atoms with Crippen LogP contribution in [0.4, 0.5) is 0 Å². The van der Waals surface area contributed by atoms with Crippen molar-refractivity contribution in [2.45, 2.75) is 50.4 Å². The maximum Gasteiger partial charge on any atom is 0.0645 e. The molecule has 0 unspecified atom stereocenters. The number of halogens is 2. The molecule has 2 rings (SSSR count). The van der Waals surface area contributed by atoms with Crippen LogP contribution >= 0.6 is 23.2 Å². The Morgan fingerprint density at radius 1 is 1.06 bits per heavy atom. The summed E-state index contributed by atoms with van der Waals surface area (Å²) in [5.74, 6) is 0. The topological polar surface area (TPSA) is 12.0 Å². The summed E-state index contributed by atoms with van der Waals surface area (Å²) in [7, 11) is 0. The standard InChI is InChI=1S/C15H21Cl2N/c1-14(2,16)12-6-5-10-7-8-18-9-11(10)13(12)15(3,4)17/h5-6,18H,7-9H2,1-4H3. The third-order valence-corrected chi connectivity index (χ3v) is 3.91. The van der Waals surface area contributed by atoms with Gasteiger partial charge in [0.25, 0.3) is 0 Å². The molecule has 1 nitrogen and oxygen atoms in total. The van der Waals surface area contributed by atoms with E-state index in [0.717, 1.165) is 25.1 Å². The quantitative estimate of drug-likeness (QED) is 0.800. The highest BCUT2D eigenvalue weighted by Gasteiger charge is 2.32. The molecule has 0 saturated carbocycles. The molecule has 0 atom stereocenters. The first-order valence-electron chi connectivity index (χ1n) is 6.45. The molecule has 0 aliphatic carbocycles. The predicted octanol–water partition coefficient (Wildman–Crippen LogP) is 4.28. The predicted molar refractivity (Wildman–Crippen MR) is 79.6 cm³/mol. The van der Waals surface area contributed by atoms with Crippen molar-refractivity contribution in [3.8, 4) is 0 Å². The van der Waals surface area contributed by atoms with Crippen LogP contribution in [0.3, 0.4) is 0 Å². The maximum absolute atomic E-state index is 6.62. The van der Waals surface area contributed by atoms with E-state index in [9.17, 15) is 0 Å². The van der Waals surface area contributed by atoms with Gasteiger partial charge in [0.15, 0.2) is 0 Å². The summed E-state index contributed by atoms with van der Waals surface area (Å²) in [6.45, 7) is 10.1. The molecule has 0 fully saturated rings. The largest absolute Gasteiger partial charge is 0.312 e. The van der Waals surface area contributed by atoms with Gasteiger partial charge in [-0.05, 0) is 62.9 Å². The normalized spacial score (nSPS) is 16.6. The number of hydrogen-bond donors (Lipinski definition) is 1. The Kier molecular flexibility index (Phi) is 3.70. The van der Waals surface area contributed by atoms with Gasteiger partial charge in [-0.15, -0.1) is 23.2 Å². The molecule has 1 aliphatic heterocycles. The molecule has 0 aromatic heterocycles. The summed E-state index contributed by atoms with van der Waals surface area (Å²) in [4.78, 5) is -0.792. The number of fused-ring (bicyclic) bond motifs is 1. The highest BCUT2D eigenvalue weighted by Crippen LogP contribution is 2.42. The van der Waals surface area contributed by atoms with E-state index in [-0.39, 0.29) is 0 Å². The second-order valence-electron chi connectivity index (χ2n) is 6.00. The lowest BCUT2D eigenvalue weighted by Crippen LogP contribution is -2.29. The molecule has 1 N–H and O–H groups in total. The minimum absolute atomic E-state index is 0.395. The van der Waals surface area contributed by atoms with E-state index < -0.39 is 9.75 Å². The van der Waals surface area contributed by atoms with Crippen LogP contribution in [-0.4, -0.2) is 6.54 Å². The number of alkyl halides is 2. The van der Waals surface area contributed by atoms with Crippen molar-refractivity contribution in [3.05, 3.63) is 34.4 Å². The molecule has 0 spiro atoms. The Morgan fingerprint density at radius 2 is 1.72 bits per heavy atom. The van der Waals surface area contributed by atoms with Gasteiger partial charge in [0, 0.05) is 6.54 Å². The fourth-order valence-corrected chi connectivity index (χ4v) is 3.11. The fourth-order valence-electron chi connectivity index (χ4n) is 2.74. The van der Waals surface area contributed by atoms with E-state index in [1.807, 2.05) is 27.7 Å². The van der Waals surface area contributed by atoms with Crippen LogP contribution < -0.4 is 5.32 Å². The van der Waals surface area contributed by atoms with Crippen LogP contribution in [-0.2, 0) is 22.7 Å². The van der Waals surface area contributed by atoms with E-state index in [1.54, 1.807) is 0 Å². The van der Waals surface area contributed by atoms with Crippen LogP contribution in [0.15, 0.2) is 12.1 Å². The zero-order valence-corrected chi connectivity index (χ0v) is 13.0. The second kappa shape index (κ2) is 4.70. The van der Waals surface area contributed by atoms with E-state index >= 15 is 0 Å². The molecule has 1 aliphatic rings. The average molecular weight is 286 g/mol. The summed E-state index contributed by atoms with van der Waals surface area (Å²) in [6, 6.07) is 4.36. The van der Waals surface area contributed by atoms with E-state index in [0.29, 0.717) is 0 Å². The minimum Gasteiger partial charge on any atom is -0.312 e. The van der Waals surface area contributed by atoms with Crippen molar-refractivity contribution in [3.63, 3.8) is 0 Å². The monoisotopic (exact) mass is 285 g/mol. The number of nitrogens with one attached hydrogen (secondary N) is 1.